The molecule has 0 aliphatic carbocycles. The van der Waals surface area contributed by atoms with E-state index in [-0.39, 0.29) is 35.0 Å². The van der Waals surface area contributed by atoms with Crippen molar-refractivity contribution in [3.05, 3.63) is 5.01 Å². The number of anilines is 1. The van der Waals surface area contributed by atoms with E-state index in [4.69, 9.17) is 10.5 Å². The summed E-state index contributed by atoms with van der Waals surface area (Å²) in [6.07, 6.45) is -4.55. The molecular formula is C11H16ClF3N4O2S. The fourth-order valence-electron chi connectivity index (χ4n) is 2.06. The monoisotopic (exact) mass is 360 g/mol. The number of halogens is 4. The van der Waals surface area contributed by atoms with E-state index in [0.717, 1.165) is 0 Å². The number of nitrogens with two attached hydrogens (primary N) is 1. The fourth-order valence-corrected chi connectivity index (χ4v) is 2.83. The zero-order valence-electron chi connectivity index (χ0n) is 11.5. The summed E-state index contributed by atoms with van der Waals surface area (Å²) in [6, 6.07) is 0. The van der Waals surface area contributed by atoms with Gasteiger partial charge in [0, 0.05) is 19.8 Å². The summed E-state index contributed by atoms with van der Waals surface area (Å²) in [4.78, 5) is 12.3. The zero-order valence-corrected chi connectivity index (χ0v) is 13.1. The second kappa shape index (κ2) is 7.53. The molecule has 0 unspecified atom stereocenters. The van der Waals surface area contributed by atoms with Crippen molar-refractivity contribution in [3.8, 4) is 0 Å². The highest BCUT2D eigenvalue weighted by molar-refractivity contribution is 7.15. The van der Waals surface area contributed by atoms with Gasteiger partial charge in [0.2, 0.25) is 11.0 Å². The molecule has 6 nitrogen and oxygen atoms in total. The van der Waals surface area contributed by atoms with Gasteiger partial charge in [-0.1, -0.05) is 11.3 Å². The first-order valence-corrected chi connectivity index (χ1v) is 7.15. The molecule has 1 aromatic rings. The molecule has 3 N–H and O–H groups in total. The van der Waals surface area contributed by atoms with Gasteiger partial charge in [0.15, 0.2) is 0 Å². The van der Waals surface area contributed by atoms with Gasteiger partial charge in [-0.3, -0.25) is 10.1 Å². The maximum atomic E-state index is 12.3. The normalized spacial score (nSPS) is 17.6. The Labute approximate surface area is 135 Å². The van der Waals surface area contributed by atoms with E-state index in [9.17, 15) is 18.0 Å². The zero-order chi connectivity index (χ0) is 15.5. The van der Waals surface area contributed by atoms with E-state index in [2.05, 4.69) is 15.5 Å². The maximum absolute atomic E-state index is 12.3. The summed E-state index contributed by atoms with van der Waals surface area (Å²) in [6.45, 7) is 1.01. The largest absolute Gasteiger partial charge is 0.395 e. The van der Waals surface area contributed by atoms with E-state index in [1.807, 2.05) is 0 Å². The topological polar surface area (TPSA) is 90.1 Å². The highest BCUT2D eigenvalue weighted by atomic mass is 35.5. The van der Waals surface area contributed by atoms with Crippen LogP contribution in [0.4, 0.5) is 18.3 Å². The number of alkyl halides is 3. The van der Waals surface area contributed by atoms with Crippen LogP contribution in [0.5, 0.6) is 0 Å². The van der Waals surface area contributed by atoms with Gasteiger partial charge in [-0.15, -0.1) is 22.6 Å². The van der Waals surface area contributed by atoms with Crippen LogP contribution in [0.2, 0.25) is 0 Å². The first kappa shape index (κ1) is 19.1. The Bertz CT molecular complexity index is 506. The molecule has 0 bridgehead atoms. The summed E-state index contributed by atoms with van der Waals surface area (Å²) in [7, 11) is 0. The minimum Gasteiger partial charge on any atom is -0.381 e. The van der Waals surface area contributed by atoms with E-state index >= 15 is 0 Å². The molecule has 0 atom stereocenters. The molecule has 1 aromatic heterocycles. The first-order valence-electron chi connectivity index (χ1n) is 6.33. The number of amides is 1. The Morgan fingerprint density at radius 1 is 1.36 bits per heavy atom. The quantitative estimate of drug-likeness (QED) is 0.853. The number of carbonyl (C=O) groups is 1. The summed E-state index contributed by atoms with van der Waals surface area (Å²) >= 11 is 0.715. The number of rotatable bonds is 4. The molecule has 0 radical (unpaired) electrons. The molecular weight excluding hydrogens is 345 g/mol. The van der Waals surface area contributed by atoms with Gasteiger partial charge < -0.3 is 10.5 Å². The van der Waals surface area contributed by atoms with Crippen molar-refractivity contribution in [3.63, 3.8) is 0 Å². The standard InChI is InChI=1S/C11H15F3N4O2S.ClH/c12-11(13,14)5-7-17-18-9(21-7)16-8(19)10(6-15)1-3-20-4-2-10;/h1-6,15H2,(H,16,18,19);1H. The molecule has 2 rings (SSSR count). The SMILES string of the molecule is Cl.NCC1(C(=O)Nc2nnc(CC(F)(F)F)s2)CCOCC1. The lowest BCUT2D eigenvalue weighted by Gasteiger charge is -2.34. The van der Waals surface area contributed by atoms with Gasteiger partial charge in [-0.25, -0.2) is 0 Å². The van der Waals surface area contributed by atoms with Gasteiger partial charge in [-0.05, 0) is 12.8 Å². The number of nitrogens with one attached hydrogen (secondary N) is 1. The first-order chi connectivity index (χ1) is 9.85. The molecule has 0 aromatic carbocycles. The number of hydrogen-bond acceptors (Lipinski definition) is 6. The molecule has 126 valence electrons. The lowest BCUT2D eigenvalue weighted by molar-refractivity contribution is -0.130. The molecule has 1 saturated heterocycles. The number of ether oxygens (including phenoxy) is 1. The third-order valence-electron chi connectivity index (χ3n) is 3.36. The second-order valence-electron chi connectivity index (χ2n) is 4.84. The molecule has 0 saturated carbocycles. The molecule has 22 heavy (non-hydrogen) atoms. The van der Waals surface area contributed by atoms with Crippen LogP contribution >= 0.6 is 23.7 Å². The Morgan fingerprint density at radius 2 is 2.00 bits per heavy atom. The molecule has 11 heteroatoms. The van der Waals surface area contributed by atoms with Crippen molar-refractivity contribution in [2.75, 3.05) is 25.1 Å². The summed E-state index contributed by atoms with van der Waals surface area (Å²) < 4.78 is 41.9. The van der Waals surface area contributed by atoms with Crippen LogP contribution in [0.1, 0.15) is 17.8 Å². The van der Waals surface area contributed by atoms with Crippen molar-refractivity contribution >= 4 is 34.8 Å². The Balaban J connectivity index is 0.00000242. The lowest BCUT2D eigenvalue weighted by atomic mass is 9.79. The number of nitrogens with zero attached hydrogens (tertiary/aromatic N) is 2. The van der Waals surface area contributed by atoms with Crippen molar-refractivity contribution in [2.24, 2.45) is 11.1 Å². The smallest absolute Gasteiger partial charge is 0.381 e. The molecule has 1 aliphatic rings. The van der Waals surface area contributed by atoms with Crippen molar-refractivity contribution in [2.45, 2.75) is 25.4 Å². The lowest BCUT2D eigenvalue weighted by Crippen LogP contribution is -2.46. The van der Waals surface area contributed by atoms with Gasteiger partial charge in [-0.2, -0.15) is 13.2 Å². The molecule has 1 fully saturated rings. The van der Waals surface area contributed by atoms with Crippen LogP contribution < -0.4 is 11.1 Å². The van der Waals surface area contributed by atoms with Gasteiger partial charge in [0.05, 0.1) is 11.8 Å². The number of aromatic nitrogens is 2. The van der Waals surface area contributed by atoms with Crippen molar-refractivity contribution in [1.82, 2.24) is 10.2 Å². The predicted octanol–water partition coefficient (Wildman–Crippen LogP) is 1.76. The highest BCUT2D eigenvalue weighted by Gasteiger charge is 2.39. The van der Waals surface area contributed by atoms with Crippen LogP contribution in [-0.4, -0.2) is 42.0 Å². The van der Waals surface area contributed by atoms with E-state index in [1.165, 1.54) is 0 Å². The molecule has 2 heterocycles. The van der Waals surface area contributed by atoms with Gasteiger partial charge in [0.25, 0.3) is 0 Å². The minimum absolute atomic E-state index is 0. The minimum atomic E-state index is -4.35. The molecule has 1 aliphatic heterocycles. The third-order valence-corrected chi connectivity index (χ3v) is 4.20. The molecule has 1 amide bonds. The van der Waals surface area contributed by atoms with Crippen LogP contribution in [0.15, 0.2) is 0 Å². The average Bonchev–Trinajstić information content (AvgIpc) is 2.84. The van der Waals surface area contributed by atoms with E-state index < -0.39 is 18.0 Å². The Hall–Kier alpha value is -0.970. The van der Waals surface area contributed by atoms with Crippen LogP contribution in [-0.2, 0) is 16.0 Å². The summed E-state index contributed by atoms with van der Waals surface area (Å²) in [5, 5.41) is 9.37. The van der Waals surface area contributed by atoms with Crippen LogP contribution in [0.25, 0.3) is 0 Å². The second-order valence-corrected chi connectivity index (χ2v) is 5.91. The molecule has 0 spiro atoms. The Kier molecular flexibility index (Phi) is 6.53. The van der Waals surface area contributed by atoms with E-state index in [0.29, 0.717) is 37.4 Å². The third kappa shape index (κ3) is 4.77. The average molecular weight is 361 g/mol. The van der Waals surface area contributed by atoms with Crippen LogP contribution in [0.3, 0.4) is 0 Å². The van der Waals surface area contributed by atoms with E-state index in [1.54, 1.807) is 0 Å². The fraction of sp³-hybridized carbons (Fsp3) is 0.727. The van der Waals surface area contributed by atoms with Gasteiger partial charge in [0.1, 0.15) is 5.01 Å². The summed E-state index contributed by atoms with van der Waals surface area (Å²) in [5.41, 5.74) is 4.93. The van der Waals surface area contributed by atoms with Crippen molar-refractivity contribution in [1.29, 1.82) is 0 Å². The van der Waals surface area contributed by atoms with Gasteiger partial charge >= 0.3 is 6.18 Å². The van der Waals surface area contributed by atoms with Crippen LogP contribution in [0, 0.1) is 5.41 Å². The van der Waals surface area contributed by atoms with Crippen molar-refractivity contribution < 1.29 is 22.7 Å². The maximum Gasteiger partial charge on any atom is 0.395 e. The number of carbonyl (C=O) groups excluding carboxylic acids is 1. The Morgan fingerprint density at radius 3 is 2.55 bits per heavy atom. The summed E-state index contributed by atoms with van der Waals surface area (Å²) in [5.74, 6) is -0.344. The number of hydrogen-bond donors (Lipinski definition) is 2. The highest BCUT2D eigenvalue weighted by Crippen LogP contribution is 2.32. The predicted molar refractivity (Wildman–Crippen MR) is 77.1 cm³/mol.